The third kappa shape index (κ3) is 6.85. The second kappa shape index (κ2) is 7.18. The third-order valence-corrected chi connectivity index (χ3v) is 2.96. The van der Waals surface area contributed by atoms with Gasteiger partial charge in [0, 0.05) is 19.7 Å². The Hall–Kier alpha value is -0.330. The largest absolute Gasteiger partial charge is 0.411 e. The molecule has 1 heterocycles. The first kappa shape index (κ1) is 14.7. The van der Waals surface area contributed by atoms with E-state index >= 15 is 0 Å². The standard InChI is InChI=1S/C11H20F3NO2/c12-11(13,14)9-17-7-5-15-4-1-2-10(8-15)3-6-16/h10,16H,1-9H2. The summed E-state index contributed by atoms with van der Waals surface area (Å²) in [5, 5.41) is 8.84. The molecule has 0 spiro atoms. The minimum absolute atomic E-state index is 0.116. The zero-order valence-corrected chi connectivity index (χ0v) is 9.88. The molecule has 1 aliphatic rings. The summed E-state index contributed by atoms with van der Waals surface area (Å²) in [5.41, 5.74) is 0. The first-order chi connectivity index (χ1) is 8.01. The van der Waals surface area contributed by atoms with Crippen LogP contribution in [0.2, 0.25) is 0 Å². The summed E-state index contributed by atoms with van der Waals surface area (Å²) in [7, 11) is 0. The van der Waals surface area contributed by atoms with Crippen molar-refractivity contribution in [1.29, 1.82) is 0 Å². The van der Waals surface area contributed by atoms with Gasteiger partial charge in [0.05, 0.1) is 6.61 Å². The zero-order valence-electron chi connectivity index (χ0n) is 9.88. The van der Waals surface area contributed by atoms with Crippen molar-refractivity contribution in [3.8, 4) is 0 Å². The van der Waals surface area contributed by atoms with Crippen LogP contribution in [0.3, 0.4) is 0 Å². The van der Waals surface area contributed by atoms with Crippen molar-refractivity contribution < 1.29 is 23.0 Å². The van der Waals surface area contributed by atoms with Crippen molar-refractivity contribution in [2.45, 2.75) is 25.4 Å². The number of ether oxygens (including phenoxy) is 1. The van der Waals surface area contributed by atoms with Gasteiger partial charge in [0.1, 0.15) is 6.61 Å². The fourth-order valence-electron chi connectivity index (χ4n) is 2.15. The van der Waals surface area contributed by atoms with E-state index in [1.165, 1.54) is 0 Å². The SMILES string of the molecule is OCCC1CCCN(CCOCC(F)(F)F)C1. The highest BCUT2D eigenvalue weighted by molar-refractivity contribution is 4.72. The summed E-state index contributed by atoms with van der Waals surface area (Å²) < 4.78 is 40.0. The van der Waals surface area contributed by atoms with E-state index in [1.54, 1.807) is 0 Å². The number of halogens is 3. The molecule has 1 N–H and O–H groups in total. The van der Waals surface area contributed by atoms with Crippen LogP contribution in [0.1, 0.15) is 19.3 Å². The molecule has 0 amide bonds. The van der Waals surface area contributed by atoms with Gasteiger partial charge in [-0.15, -0.1) is 0 Å². The maximum absolute atomic E-state index is 11.8. The van der Waals surface area contributed by atoms with E-state index in [9.17, 15) is 13.2 Å². The van der Waals surface area contributed by atoms with Gasteiger partial charge in [-0.2, -0.15) is 13.2 Å². The number of hydrogen-bond donors (Lipinski definition) is 1. The van der Waals surface area contributed by atoms with E-state index in [0.717, 1.165) is 32.4 Å². The summed E-state index contributed by atoms with van der Waals surface area (Å²) in [4.78, 5) is 2.11. The smallest absolute Gasteiger partial charge is 0.396 e. The first-order valence-electron chi connectivity index (χ1n) is 5.99. The molecule has 0 aromatic carbocycles. The molecule has 1 fully saturated rings. The lowest BCUT2D eigenvalue weighted by molar-refractivity contribution is -0.174. The van der Waals surface area contributed by atoms with Gasteiger partial charge in [-0.3, -0.25) is 0 Å². The molecule has 0 aromatic rings. The number of likely N-dealkylation sites (tertiary alicyclic amines) is 1. The van der Waals surface area contributed by atoms with Gasteiger partial charge in [-0.1, -0.05) is 0 Å². The number of alkyl halides is 3. The van der Waals surface area contributed by atoms with Crippen molar-refractivity contribution in [3.63, 3.8) is 0 Å². The molecule has 0 saturated carbocycles. The third-order valence-electron chi connectivity index (χ3n) is 2.96. The van der Waals surface area contributed by atoms with E-state index in [1.807, 2.05) is 0 Å². The fourth-order valence-corrected chi connectivity index (χ4v) is 2.15. The van der Waals surface area contributed by atoms with Crippen LogP contribution in [-0.4, -0.2) is 55.6 Å². The number of hydrogen-bond acceptors (Lipinski definition) is 3. The van der Waals surface area contributed by atoms with Crippen molar-refractivity contribution in [2.75, 3.05) is 39.5 Å². The van der Waals surface area contributed by atoms with Crippen LogP contribution in [0.5, 0.6) is 0 Å². The number of aliphatic hydroxyl groups is 1. The molecule has 102 valence electrons. The summed E-state index contributed by atoms with van der Waals surface area (Å²) in [5.74, 6) is 0.469. The van der Waals surface area contributed by atoms with Crippen molar-refractivity contribution >= 4 is 0 Å². The van der Waals surface area contributed by atoms with Gasteiger partial charge in [0.25, 0.3) is 0 Å². The van der Waals surface area contributed by atoms with Crippen LogP contribution in [-0.2, 0) is 4.74 Å². The fraction of sp³-hybridized carbons (Fsp3) is 1.00. The monoisotopic (exact) mass is 255 g/mol. The molecule has 0 bridgehead atoms. The number of nitrogens with zero attached hydrogens (tertiary/aromatic N) is 1. The second-order valence-corrected chi connectivity index (χ2v) is 4.49. The van der Waals surface area contributed by atoms with Crippen LogP contribution in [0.25, 0.3) is 0 Å². The Morgan fingerprint density at radius 1 is 1.35 bits per heavy atom. The molecule has 1 unspecified atom stereocenters. The van der Waals surface area contributed by atoms with Gasteiger partial charge in [-0.05, 0) is 31.7 Å². The highest BCUT2D eigenvalue weighted by atomic mass is 19.4. The molecule has 1 aliphatic heterocycles. The molecule has 17 heavy (non-hydrogen) atoms. The number of piperidine rings is 1. The normalized spacial score (nSPS) is 22.9. The van der Waals surface area contributed by atoms with E-state index in [4.69, 9.17) is 5.11 Å². The lowest BCUT2D eigenvalue weighted by atomic mass is 9.95. The van der Waals surface area contributed by atoms with Crippen LogP contribution >= 0.6 is 0 Å². The minimum atomic E-state index is -4.23. The average Bonchev–Trinajstić information content (AvgIpc) is 2.24. The van der Waals surface area contributed by atoms with Crippen molar-refractivity contribution in [3.05, 3.63) is 0 Å². The van der Waals surface area contributed by atoms with Gasteiger partial charge in [0.15, 0.2) is 0 Å². The quantitative estimate of drug-likeness (QED) is 0.733. The van der Waals surface area contributed by atoms with Crippen LogP contribution in [0.15, 0.2) is 0 Å². The van der Waals surface area contributed by atoms with Gasteiger partial charge < -0.3 is 14.7 Å². The zero-order chi connectivity index (χ0) is 12.7. The van der Waals surface area contributed by atoms with Gasteiger partial charge >= 0.3 is 6.18 Å². The van der Waals surface area contributed by atoms with Gasteiger partial charge in [-0.25, -0.2) is 0 Å². The summed E-state index contributed by atoms with van der Waals surface area (Å²) >= 11 is 0. The Morgan fingerprint density at radius 3 is 2.76 bits per heavy atom. The van der Waals surface area contributed by atoms with Crippen LogP contribution in [0.4, 0.5) is 13.2 Å². The van der Waals surface area contributed by atoms with Crippen LogP contribution in [0, 0.1) is 5.92 Å². The molecule has 6 heteroatoms. The summed E-state index contributed by atoms with van der Waals surface area (Å²) in [6, 6.07) is 0. The molecule has 0 aliphatic carbocycles. The molecule has 3 nitrogen and oxygen atoms in total. The van der Waals surface area contributed by atoms with Crippen molar-refractivity contribution in [1.82, 2.24) is 4.90 Å². The minimum Gasteiger partial charge on any atom is -0.396 e. The molecule has 0 aromatic heterocycles. The number of aliphatic hydroxyl groups excluding tert-OH is 1. The summed E-state index contributed by atoms with van der Waals surface area (Å²) in [6.07, 6.45) is -1.31. The number of rotatable bonds is 6. The van der Waals surface area contributed by atoms with E-state index < -0.39 is 12.8 Å². The predicted molar refractivity (Wildman–Crippen MR) is 57.7 cm³/mol. The molecular formula is C11H20F3NO2. The Kier molecular flexibility index (Phi) is 6.22. The predicted octanol–water partition coefficient (Wildman–Crippen LogP) is 1.66. The maximum atomic E-state index is 11.8. The lowest BCUT2D eigenvalue weighted by Crippen LogP contribution is -2.38. The van der Waals surface area contributed by atoms with Crippen molar-refractivity contribution in [2.24, 2.45) is 5.92 Å². The first-order valence-corrected chi connectivity index (χ1v) is 5.99. The lowest BCUT2D eigenvalue weighted by Gasteiger charge is -2.32. The highest BCUT2D eigenvalue weighted by Gasteiger charge is 2.27. The molecule has 1 rings (SSSR count). The second-order valence-electron chi connectivity index (χ2n) is 4.49. The Labute approximate surface area is 99.5 Å². The Balaban J connectivity index is 2.10. The molecule has 1 atom stereocenters. The summed E-state index contributed by atoms with van der Waals surface area (Å²) in [6.45, 7) is 1.45. The van der Waals surface area contributed by atoms with E-state index in [2.05, 4.69) is 9.64 Å². The topological polar surface area (TPSA) is 32.7 Å². The average molecular weight is 255 g/mol. The Morgan fingerprint density at radius 2 is 2.12 bits per heavy atom. The molecule has 1 saturated heterocycles. The molecular weight excluding hydrogens is 235 g/mol. The Bertz CT molecular complexity index is 209. The van der Waals surface area contributed by atoms with Crippen LogP contribution < -0.4 is 0 Å². The highest BCUT2D eigenvalue weighted by Crippen LogP contribution is 2.19. The molecule has 0 radical (unpaired) electrons. The van der Waals surface area contributed by atoms with E-state index in [0.29, 0.717) is 12.5 Å². The van der Waals surface area contributed by atoms with Gasteiger partial charge in [0.2, 0.25) is 0 Å². The maximum Gasteiger partial charge on any atom is 0.411 e. The van der Waals surface area contributed by atoms with E-state index in [-0.39, 0.29) is 13.2 Å².